The molecule has 0 spiro atoms. The van der Waals surface area contributed by atoms with Gasteiger partial charge in [0.25, 0.3) is 0 Å². The van der Waals surface area contributed by atoms with E-state index in [0.717, 1.165) is 0 Å². The fourth-order valence-corrected chi connectivity index (χ4v) is 3.94. The molecule has 0 amide bonds. The van der Waals surface area contributed by atoms with Crippen LogP contribution in [-0.4, -0.2) is 4.40 Å². The average Bonchev–Trinajstić information content (AvgIpc) is 2.95. The SMILES string of the molecule is Cc1ccc2c(c1)cc1c3cc(C)c(C)cc3c3ccccc3n21. The van der Waals surface area contributed by atoms with Gasteiger partial charge in [-0.3, -0.25) is 0 Å². The fraction of sp³-hybridized carbons (Fsp3) is 0.130. The van der Waals surface area contributed by atoms with Crippen molar-refractivity contribution in [3.8, 4) is 0 Å². The summed E-state index contributed by atoms with van der Waals surface area (Å²) in [7, 11) is 0. The molecule has 5 rings (SSSR count). The third-order valence-electron chi connectivity index (χ3n) is 5.30. The lowest BCUT2D eigenvalue weighted by molar-refractivity contribution is 1.33. The maximum absolute atomic E-state index is 2.42. The van der Waals surface area contributed by atoms with Gasteiger partial charge in [0, 0.05) is 16.2 Å². The molecule has 3 aromatic carbocycles. The lowest BCUT2D eigenvalue weighted by Crippen LogP contribution is -1.92. The van der Waals surface area contributed by atoms with Crippen molar-refractivity contribution in [2.24, 2.45) is 0 Å². The van der Waals surface area contributed by atoms with Crippen LogP contribution in [0.2, 0.25) is 0 Å². The number of hydrogen-bond donors (Lipinski definition) is 0. The number of nitrogens with zero attached hydrogens (tertiary/aromatic N) is 1. The Balaban J connectivity index is 2.18. The Bertz CT molecular complexity index is 1270. The van der Waals surface area contributed by atoms with Crippen molar-refractivity contribution < 1.29 is 0 Å². The monoisotopic (exact) mass is 309 g/mol. The Morgan fingerprint density at radius 1 is 0.583 bits per heavy atom. The molecule has 116 valence electrons. The van der Waals surface area contributed by atoms with Crippen LogP contribution in [0.3, 0.4) is 0 Å². The first kappa shape index (κ1) is 13.6. The minimum Gasteiger partial charge on any atom is -0.309 e. The van der Waals surface area contributed by atoms with Gasteiger partial charge in [0.2, 0.25) is 0 Å². The smallest absolute Gasteiger partial charge is 0.0547 e. The first-order chi connectivity index (χ1) is 11.6. The number of hydrogen-bond acceptors (Lipinski definition) is 0. The van der Waals surface area contributed by atoms with Gasteiger partial charge in [-0.15, -0.1) is 0 Å². The highest BCUT2D eigenvalue weighted by molar-refractivity contribution is 6.16. The maximum atomic E-state index is 2.42. The molecule has 2 heterocycles. The van der Waals surface area contributed by atoms with Gasteiger partial charge < -0.3 is 4.40 Å². The number of para-hydroxylation sites is 1. The van der Waals surface area contributed by atoms with E-state index in [2.05, 4.69) is 85.8 Å². The number of aromatic nitrogens is 1. The summed E-state index contributed by atoms with van der Waals surface area (Å²) in [4.78, 5) is 0. The summed E-state index contributed by atoms with van der Waals surface area (Å²) in [6.45, 7) is 6.56. The van der Waals surface area contributed by atoms with Crippen molar-refractivity contribution in [3.63, 3.8) is 0 Å². The van der Waals surface area contributed by atoms with Crippen LogP contribution in [0.5, 0.6) is 0 Å². The predicted octanol–water partition coefficient (Wildman–Crippen LogP) is 6.32. The van der Waals surface area contributed by atoms with E-state index in [1.54, 1.807) is 0 Å². The second kappa shape index (κ2) is 4.61. The molecular formula is C23H19N. The van der Waals surface area contributed by atoms with Crippen molar-refractivity contribution in [1.82, 2.24) is 4.40 Å². The fourth-order valence-electron chi connectivity index (χ4n) is 3.94. The summed E-state index contributed by atoms with van der Waals surface area (Å²) < 4.78 is 2.42. The quantitative estimate of drug-likeness (QED) is 0.295. The van der Waals surface area contributed by atoms with E-state index in [9.17, 15) is 0 Å². The van der Waals surface area contributed by atoms with E-state index >= 15 is 0 Å². The number of rotatable bonds is 0. The molecule has 0 radical (unpaired) electrons. The molecular weight excluding hydrogens is 290 g/mol. The van der Waals surface area contributed by atoms with Crippen LogP contribution in [0.4, 0.5) is 0 Å². The van der Waals surface area contributed by atoms with Gasteiger partial charge in [0.05, 0.1) is 16.6 Å². The van der Waals surface area contributed by atoms with Gasteiger partial charge in [-0.1, -0.05) is 35.9 Å². The first-order valence-electron chi connectivity index (χ1n) is 8.47. The molecule has 1 nitrogen and oxygen atoms in total. The second-order valence-electron chi connectivity index (χ2n) is 6.93. The van der Waals surface area contributed by atoms with Crippen LogP contribution in [0, 0.1) is 20.8 Å². The summed E-state index contributed by atoms with van der Waals surface area (Å²) >= 11 is 0. The third-order valence-corrected chi connectivity index (χ3v) is 5.30. The van der Waals surface area contributed by atoms with E-state index in [-0.39, 0.29) is 0 Å². The van der Waals surface area contributed by atoms with E-state index in [4.69, 9.17) is 0 Å². The molecule has 0 aliphatic carbocycles. The highest BCUT2D eigenvalue weighted by atomic mass is 14.9. The van der Waals surface area contributed by atoms with Crippen LogP contribution in [0.1, 0.15) is 16.7 Å². The third kappa shape index (κ3) is 1.70. The molecule has 0 N–H and O–H groups in total. The molecule has 0 bridgehead atoms. The van der Waals surface area contributed by atoms with Crippen LogP contribution in [0.15, 0.2) is 60.7 Å². The Morgan fingerprint density at radius 2 is 1.33 bits per heavy atom. The van der Waals surface area contributed by atoms with Gasteiger partial charge in [-0.05, 0) is 67.6 Å². The number of aryl methyl sites for hydroxylation is 3. The molecule has 0 unspecified atom stereocenters. The van der Waals surface area contributed by atoms with Gasteiger partial charge in [0.15, 0.2) is 0 Å². The van der Waals surface area contributed by atoms with Gasteiger partial charge in [-0.25, -0.2) is 0 Å². The summed E-state index contributed by atoms with van der Waals surface area (Å²) in [5.74, 6) is 0. The molecule has 0 saturated heterocycles. The highest BCUT2D eigenvalue weighted by Crippen LogP contribution is 2.35. The summed E-state index contributed by atoms with van der Waals surface area (Å²) in [6.07, 6.45) is 0. The Hall–Kier alpha value is -2.80. The van der Waals surface area contributed by atoms with E-state index in [1.165, 1.54) is 54.8 Å². The van der Waals surface area contributed by atoms with Crippen molar-refractivity contribution >= 4 is 38.1 Å². The predicted molar refractivity (Wildman–Crippen MR) is 104 cm³/mol. The Labute approximate surface area is 141 Å². The lowest BCUT2D eigenvalue weighted by Gasteiger charge is -2.12. The molecule has 0 aliphatic heterocycles. The molecule has 0 atom stereocenters. The number of fused-ring (bicyclic) bond motifs is 8. The number of pyridine rings is 1. The molecule has 2 aromatic heterocycles. The maximum Gasteiger partial charge on any atom is 0.0547 e. The minimum atomic E-state index is 1.28. The molecule has 0 fully saturated rings. The standard InChI is InChI=1S/C23H19N/c1-14-8-9-21-17(10-14)13-23-20-12-16(3)15(2)11-19(20)18-6-4-5-7-22(18)24(21)23/h4-13H,1-3H3. The van der Waals surface area contributed by atoms with Gasteiger partial charge in [0.1, 0.15) is 0 Å². The van der Waals surface area contributed by atoms with Crippen LogP contribution in [-0.2, 0) is 0 Å². The molecule has 5 aromatic rings. The lowest BCUT2D eigenvalue weighted by atomic mass is 9.99. The van der Waals surface area contributed by atoms with Crippen LogP contribution < -0.4 is 0 Å². The second-order valence-corrected chi connectivity index (χ2v) is 6.93. The van der Waals surface area contributed by atoms with Gasteiger partial charge >= 0.3 is 0 Å². The highest BCUT2D eigenvalue weighted by Gasteiger charge is 2.12. The summed E-state index contributed by atoms with van der Waals surface area (Å²) in [6, 6.07) is 22.5. The molecule has 0 aliphatic rings. The van der Waals surface area contributed by atoms with Crippen molar-refractivity contribution in [2.45, 2.75) is 20.8 Å². The van der Waals surface area contributed by atoms with Crippen molar-refractivity contribution in [3.05, 3.63) is 77.4 Å². The van der Waals surface area contributed by atoms with Crippen molar-refractivity contribution in [1.29, 1.82) is 0 Å². The molecule has 1 heteroatoms. The Morgan fingerprint density at radius 3 is 2.17 bits per heavy atom. The topological polar surface area (TPSA) is 4.41 Å². The first-order valence-corrected chi connectivity index (χ1v) is 8.47. The normalized spacial score (nSPS) is 12.0. The Kier molecular flexibility index (Phi) is 2.62. The van der Waals surface area contributed by atoms with E-state index in [0.29, 0.717) is 0 Å². The molecule has 24 heavy (non-hydrogen) atoms. The molecule has 0 saturated carbocycles. The van der Waals surface area contributed by atoms with Crippen LogP contribution >= 0.6 is 0 Å². The van der Waals surface area contributed by atoms with Gasteiger partial charge in [-0.2, -0.15) is 0 Å². The zero-order valence-corrected chi connectivity index (χ0v) is 14.2. The van der Waals surface area contributed by atoms with Crippen LogP contribution in [0.25, 0.3) is 38.1 Å². The average molecular weight is 309 g/mol. The minimum absolute atomic E-state index is 1.28. The zero-order valence-electron chi connectivity index (χ0n) is 14.2. The number of benzene rings is 3. The zero-order chi connectivity index (χ0) is 16.4. The summed E-state index contributed by atoms with van der Waals surface area (Å²) in [5, 5.41) is 5.32. The summed E-state index contributed by atoms with van der Waals surface area (Å²) in [5.41, 5.74) is 7.87. The largest absolute Gasteiger partial charge is 0.309 e. The van der Waals surface area contributed by atoms with E-state index < -0.39 is 0 Å². The van der Waals surface area contributed by atoms with Crippen molar-refractivity contribution in [2.75, 3.05) is 0 Å². The van der Waals surface area contributed by atoms with E-state index in [1.807, 2.05) is 0 Å².